The molecule has 2 N–H and O–H groups in total. The maximum Gasteiger partial charge on any atom is 0.416 e. The van der Waals surface area contributed by atoms with Crippen LogP contribution in [0.15, 0.2) is 18.2 Å². The van der Waals surface area contributed by atoms with Gasteiger partial charge in [0.15, 0.2) is 6.61 Å². The molecule has 2 aliphatic heterocycles. The highest BCUT2D eigenvalue weighted by molar-refractivity contribution is 6.00. The van der Waals surface area contributed by atoms with Crippen LogP contribution in [0.5, 0.6) is 5.75 Å². The topological polar surface area (TPSA) is 111 Å². The number of carbonyl (C=O) groups is 4. The van der Waals surface area contributed by atoms with E-state index in [4.69, 9.17) is 4.74 Å². The van der Waals surface area contributed by atoms with Crippen LogP contribution in [0.1, 0.15) is 68.3 Å². The summed E-state index contributed by atoms with van der Waals surface area (Å²) in [7, 11) is 1.99. The number of ether oxygens (including phenoxy) is 1. The molecule has 3 aliphatic rings. The molecule has 0 unspecified atom stereocenters. The fourth-order valence-corrected chi connectivity index (χ4v) is 5.34. The van der Waals surface area contributed by atoms with Crippen LogP contribution in [0.25, 0.3) is 0 Å². The predicted octanol–water partition coefficient (Wildman–Crippen LogP) is 2.42. The molecule has 0 radical (unpaired) electrons. The summed E-state index contributed by atoms with van der Waals surface area (Å²) >= 11 is 0. The largest absolute Gasteiger partial charge is 0.483 e. The lowest BCUT2D eigenvalue weighted by Crippen LogP contribution is -2.56. The van der Waals surface area contributed by atoms with E-state index in [9.17, 15) is 32.3 Å². The van der Waals surface area contributed by atoms with Gasteiger partial charge in [0.2, 0.25) is 11.8 Å². The van der Waals surface area contributed by atoms with Crippen LogP contribution in [0, 0.1) is 0 Å². The fraction of sp³-hybridized carbons (Fsp3) is 0.655. The lowest BCUT2D eigenvalue weighted by atomic mass is 10.1. The number of likely N-dealkylation sites (N-methyl/N-ethyl adjacent to an activating group) is 1. The van der Waals surface area contributed by atoms with Gasteiger partial charge in [-0.2, -0.15) is 13.2 Å². The average molecular weight is 596 g/mol. The van der Waals surface area contributed by atoms with E-state index in [1.54, 1.807) is 4.90 Å². The molecule has 2 atom stereocenters. The molecular formula is C29H40F3N5O5. The molecule has 4 rings (SSSR count). The van der Waals surface area contributed by atoms with Crippen LogP contribution < -0.4 is 15.4 Å². The Labute approximate surface area is 243 Å². The second-order valence-corrected chi connectivity index (χ2v) is 11.7. The van der Waals surface area contributed by atoms with Crippen molar-refractivity contribution in [2.75, 3.05) is 46.4 Å². The van der Waals surface area contributed by atoms with E-state index in [2.05, 4.69) is 15.5 Å². The number of carbonyl (C=O) groups excluding carboxylic acids is 4. The van der Waals surface area contributed by atoms with Gasteiger partial charge in [-0.05, 0) is 64.3 Å². The zero-order valence-electron chi connectivity index (χ0n) is 24.4. The van der Waals surface area contributed by atoms with Gasteiger partial charge in [0.05, 0.1) is 11.1 Å². The number of hydrogen-bond acceptors (Lipinski definition) is 6. The molecular weight excluding hydrogens is 555 g/mol. The summed E-state index contributed by atoms with van der Waals surface area (Å²) in [6, 6.07) is 0.819. The molecule has 0 bridgehead atoms. The zero-order chi connectivity index (χ0) is 30.7. The normalized spacial score (nSPS) is 21.0. The summed E-state index contributed by atoms with van der Waals surface area (Å²) < 4.78 is 45.8. The maximum absolute atomic E-state index is 13.7. The predicted molar refractivity (Wildman–Crippen MR) is 148 cm³/mol. The molecule has 0 spiro atoms. The van der Waals surface area contributed by atoms with Gasteiger partial charge in [0.25, 0.3) is 11.8 Å². The lowest BCUT2D eigenvalue weighted by molar-refractivity contribution is -0.145. The Kier molecular flexibility index (Phi) is 9.69. The number of piperazine rings is 1. The first-order valence-corrected chi connectivity index (χ1v) is 14.5. The van der Waals surface area contributed by atoms with Crippen LogP contribution in [0.2, 0.25) is 0 Å². The van der Waals surface area contributed by atoms with Gasteiger partial charge in [0.1, 0.15) is 17.8 Å². The Morgan fingerprint density at radius 3 is 2.40 bits per heavy atom. The van der Waals surface area contributed by atoms with Crippen LogP contribution in [0.3, 0.4) is 0 Å². The van der Waals surface area contributed by atoms with Crippen LogP contribution >= 0.6 is 0 Å². The summed E-state index contributed by atoms with van der Waals surface area (Å²) in [6.07, 6.45) is -1.12. The lowest BCUT2D eigenvalue weighted by Gasteiger charge is -2.36. The van der Waals surface area contributed by atoms with Gasteiger partial charge in [-0.1, -0.05) is 13.3 Å². The van der Waals surface area contributed by atoms with Gasteiger partial charge in [-0.25, -0.2) is 0 Å². The Morgan fingerprint density at radius 2 is 1.79 bits per heavy atom. The fourth-order valence-electron chi connectivity index (χ4n) is 5.34. The highest BCUT2D eigenvalue weighted by Crippen LogP contribution is 2.35. The second-order valence-electron chi connectivity index (χ2n) is 11.7. The zero-order valence-corrected chi connectivity index (χ0v) is 24.4. The van der Waals surface area contributed by atoms with Gasteiger partial charge in [0, 0.05) is 38.3 Å². The van der Waals surface area contributed by atoms with Crippen molar-refractivity contribution < 1.29 is 37.1 Å². The van der Waals surface area contributed by atoms with Gasteiger partial charge in [-0.3, -0.25) is 19.2 Å². The Morgan fingerprint density at radius 1 is 1.10 bits per heavy atom. The number of nitrogens with one attached hydrogen (secondary N) is 2. The first kappa shape index (κ1) is 31.6. The van der Waals surface area contributed by atoms with Crippen LogP contribution in [-0.4, -0.2) is 102 Å². The molecule has 13 heteroatoms. The molecule has 42 heavy (non-hydrogen) atoms. The SMILES string of the molecule is CCC[C@@H](NC(=O)c1ccc(C(F)(F)F)cc1OCC(=O)NC1(C)CC1)C(=O)N1CCC[C@@H]1C(=O)N1CCN(C)CC1. The summed E-state index contributed by atoms with van der Waals surface area (Å²) in [5, 5.41) is 5.42. The van der Waals surface area contributed by atoms with E-state index in [1.807, 2.05) is 20.9 Å². The Balaban J connectivity index is 1.49. The minimum Gasteiger partial charge on any atom is -0.483 e. The number of hydrogen-bond donors (Lipinski definition) is 2. The van der Waals surface area contributed by atoms with Gasteiger partial charge >= 0.3 is 6.18 Å². The van der Waals surface area contributed by atoms with Crippen molar-refractivity contribution >= 4 is 23.6 Å². The maximum atomic E-state index is 13.7. The molecule has 232 valence electrons. The van der Waals surface area contributed by atoms with Crippen molar-refractivity contribution in [2.45, 2.75) is 76.2 Å². The smallest absolute Gasteiger partial charge is 0.416 e. The molecule has 10 nitrogen and oxygen atoms in total. The van der Waals surface area contributed by atoms with Gasteiger partial charge < -0.3 is 30.1 Å². The molecule has 2 heterocycles. The molecule has 3 fully saturated rings. The summed E-state index contributed by atoms with van der Waals surface area (Å²) in [6.45, 7) is 6.16. The minimum atomic E-state index is -4.70. The number of halogens is 3. The van der Waals surface area contributed by atoms with E-state index in [-0.39, 0.29) is 23.4 Å². The number of amides is 4. The third-order valence-corrected chi connectivity index (χ3v) is 8.17. The highest BCUT2D eigenvalue weighted by atomic mass is 19.4. The third kappa shape index (κ3) is 7.73. The minimum absolute atomic E-state index is 0.104. The molecule has 1 aromatic carbocycles. The van der Waals surface area contributed by atoms with Crippen molar-refractivity contribution in [3.8, 4) is 5.75 Å². The van der Waals surface area contributed by atoms with E-state index < -0.39 is 53.9 Å². The molecule has 0 aromatic heterocycles. The second kappa shape index (κ2) is 12.9. The van der Waals surface area contributed by atoms with Crippen molar-refractivity contribution in [2.24, 2.45) is 0 Å². The molecule has 2 saturated heterocycles. The average Bonchev–Trinajstić information content (AvgIpc) is 3.46. The van der Waals surface area contributed by atoms with E-state index >= 15 is 0 Å². The van der Waals surface area contributed by atoms with E-state index in [1.165, 1.54) is 4.90 Å². The van der Waals surface area contributed by atoms with Crippen LogP contribution in [0.4, 0.5) is 13.2 Å². The molecule has 1 aromatic rings. The molecule has 4 amide bonds. The molecule has 1 aliphatic carbocycles. The van der Waals surface area contributed by atoms with Crippen molar-refractivity contribution in [1.29, 1.82) is 0 Å². The number of likely N-dealkylation sites (tertiary alicyclic amines) is 1. The standard InChI is InChI=1S/C29H40F3N5O5/c1-4-6-21(26(40)37-12-5-7-22(37)27(41)36-15-13-35(3)14-16-36)33-25(39)20-9-8-19(29(30,31)32)17-23(20)42-18-24(38)34-28(2)10-11-28/h8-9,17,21-22H,4-7,10-16,18H2,1-3H3,(H,33,39)(H,34,38)/t21-,22-/m1/s1. The monoisotopic (exact) mass is 595 g/mol. The van der Waals surface area contributed by atoms with Gasteiger partial charge in [-0.15, -0.1) is 0 Å². The Hall–Kier alpha value is -3.35. The third-order valence-electron chi connectivity index (χ3n) is 8.17. The number of benzene rings is 1. The first-order chi connectivity index (χ1) is 19.8. The highest BCUT2D eigenvalue weighted by Gasteiger charge is 2.41. The Bertz CT molecular complexity index is 1180. The van der Waals surface area contributed by atoms with Crippen molar-refractivity contribution in [3.05, 3.63) is 29.3 Å². The summed E-state index contributed by atoms with van der Waals surface area (Å²) in [5.41, 5.74) is -1.61. The summed E-state index contributed by atoms with van der Waals surface area (Å²) in [5.74, 6) is -2.23. The number of rotatable bonds is 10. The van der Waals surface area contributed by atoms with Crippen molar-refractivity contribution in [3.63, 3.8) is 0 Å². The molecule has 1 saturated carbocycles. The first-order valence-electron chi connectivity index (χ1n) is 14.5. The number of nitrogens with zero attached hydrogens (tertiary/aromatic N) is 3. The quantitative estimate of drug-likeness (QED) is 0.430. The van der Waals surface area contributed by atoms with Crippen LogP contribution in [-0.2, 0) is 20.6 Å². The van der Waals surface area contributed by atoms with Crippen molar-refractivity contribution in [1.82, 2.24) is 25.3 Å². The summed E-state index contributed by atoms with van der Waals surface area (Å²) in [4.78, 5) is 58.1. The number of alkyl halides is 3. The van der Waals surface area contributed by atoms with E-state index in [0.29, 0.717) is 45.0 Å². The van der Waals surface area contributed by atoms with E-state index in [0.717, 1.165) is 38.1 Å².